The van der Waals surface area contributed by atoms with Gasteiger partial charge in [-0.2, -0.15) is 0 Å². The molecule has 6 aliphatic rings. The molecule has 422 valence electrons. The molecule has 4 unspecified atom stereocenters. The summed E-state index contributed by atoms with van der Waals surface area (Å²) in [6, 6.07) is 3.03. The standard InChI is InChI=1S/C51H74O24/c1-17-29(71-35-14-30(44(59)21(5)68-35)72-33-12-27(53)42(57)19(3)66-33)11-25-9-24-10-26(50(65-8)49(64)41(56)18(2)52)51(48(63)39(24)47(62)38(25)40(17)55)75-37-16-32(46(61)23(7)70-37)74-36-15-31(45(60)22(6)69-36)73-34-13-28(54)43(58)20(4)67-34/h9,11,18-23,26-28,30-37,41-46,50-62H,10,12-16H2,1-8H3/t18-,19-,20-,21-,22-,23-,26+,27?,28+,30?,31-,32?,33+,34+,35+,36+,37+,41+,42-,43-,44-,45?,46-,50+,51+/m1/s1. The molecule has 2 aromatic carbocycles. The Morgan fingerprint density at radius 3 is 1.49 bits per heavy atom. The molecule has 5 heterocycles. The third-order valence-corrected chi connectivity index (χ3v) is 15.5. The van der Waals surface area contributed by atoms with E-state index >= 15 is 4.79 Å². The Labute approximate surface area is 432 Å². The number of benzene rings is 2. The molecule has 75 heavy (non-hydrogen) atoms. The molecule has 5 fully saturated rings. The van der Waals surface area contributed by atoms with Gasteiger partial charge in [-0.05, 0) is 78.0 Å². The number of hydrogen-bond donors (Lipinski definition) is 11. The molecule has 11 N–H and O–H groups in total. The third-order valence-electron chi connectivity index (χ3n) is 15.5. The summed E-state index contributed by atoms with van der Waals surface area (Å²) in [6.07, 6.45) is -27.9. The third kappa shape index (κ3) is 12.0. The maximum absolute atomic E-state index is 15.0. The SMILES string of the molecule is CO[C@H](C(=O)[C@@H](O)[C@@H](C)O)[C@@H]1Cc2cc3cc(O[C@H]4CC(O[C@H]5CC(O)[C@H](O)[C@@H](C)O5)[C@H](O)[C@@H](C)O4)c(C)c(O)c3c(O)c2C(=O)[C@H]1O[C@H]1CC(O[C@H]2C[C@@H](O[C@H]3C[C@H](O)[C@H](O)[C@@H](C)O3)C(O)[C@@H](C)O2)[C@H](O)[C@@H](C)O1. The summed E-state index contributed by atoms with van der Waals surface area (Å²) in [7, 11) is 1.18. The fourth-order valence-electron chi connectivity index (χ4n) is 11.0. The van der Waals surface area contributed by atoms with E-state index < -0.39 is 176 Å². The van der Waals surface area contributed by atoms with Gasteiger partial charge >= 0.3 is 0 Å². The number of aromatic hydroxyl groups is 2. The number of ketones is 2. The van der Waals surface area contributed by atoms with Crippen molar-refractivity contribution in [2.45, 2.75) is 234 Å². The fraction of sp³-hybridized carbons (Fsp3) is 0.765. The average Bonchev–Trinajstić information content (AvgIpc) is 3.34. The molecule has 0 saturated carbocycles. The number of rotatable bonds is 15. The lowest BCUT2D eigenvalue weighted by molar-refractivity contribution is -0.329. The van der Waals surface area contributed by atoms with Crippen molar-refractivity contribution in [3.8, 4) is 17.2 Å². The molecule has 1 aliphatic carbocycles. The highest BCUT2D eigenvalue weighted by Crippen LogP contribution is 2.47. The monoisotopic (exact) mass is 1070 g/mol. The summed E-state index contributed by atoms with van der Waals surface area (Å²) in [4.78, 5) is 28.9. The first kappa shape index (κ1) is 57.8. The Bertz CT molecular complexity index is 2290. The number of methoxy groups -OCH3 is 1. The number of fused-ring (bicyclic) bond motifs is 2. The molecular weight excluding hydrogens is 997 g/mol. The van der Waals surface area contributed by atoms with Gasteiger partial charge in [0.2, 0.25) is 6.29 Å². The Kier molecular flexibility index (Phi) is 18.2. The Hall–Kier alpha value is -3.32. The van der Waals surface area contributed by atoms with Crippen LogP contribution in [-0.4, -0.2) is 222 Å². The van der Waals surface area contributed by atoms with Gasteiger partial charge in [0.15, 0.2) is 36.7 Å². The number of carbonyl (C=O) groups is 2. The van der Waals surface area contributed by atoms with Crippen molar-refractivity contribution in [3.05, 3.63) is 28.8 Å². The Morgan fingerprint density at radius 2 is 1.04 bits per heavy atom. The highest BCUT2D eigenvalue weighted by molar-refractivity contribution is 6.11. The predicted molar refractivity (Wildman–Crippen MR) is 254 cm³/mol. The van der Waals surface area contributed by atoms with Crippen molar-refractivity contribution >= 4 is 22.3 Å². The molecule has 0 bridgehead atoms. The lowest BCUT2D eigenvalue weighted by Gasteiger charge is -2.45. The van der Waals surface area contributed by atoms with E-state index in [9.17, 15) is 61.0 Å². The lowest BCUT2D eigenvalue weighted by Crippen LogP contribution is -2.57. The maximum Gasteiger partial charge on any atom is 0.202 e. The summed E-state index contributed by atoms with van der Waals surface area (Å²) in [5.74, 6) is -4.06. The molecule has 0 amide bonds. The number of Topliss-reactive ketones (excluding diaryl/α,β-unsaturated/α-hetero) is 2. The van der Waals surface area contributed by atoms with E-state index in [1.165, 1.54) is 40.0 Å². The van der Waals surface area contributed by atoms with Gasteiger partial charge in [0.05, 0.1) is 78.1 Å². The van der Waals surface area contributed by atoms with Crippen molar-refractivity contribution in [1.29, 1.82) is 0 Å². The van der Waals surface area contributed by atoms with Gasteiger partial charge in [0.25, 0.3) is 0 Å². The minimum atomic E-state index is -1.95. The van der Waals surface area contributed by atoms with Crippen molar-refractivity contribution in [2.75, 3.05) is 7.11 Å². The Morgan fingerprint density at radius 1 is 0.613 bits per heavy atom. The van der Waals surface area contributed by atoms with Crippen LogP contribution >= 0.6 is 0 Å². The molecule has 8 rings (SSSR count). The largest absolute Gasteiger partial charge is 0.507 e. The first-order chi connectivity index (χ1) is 35.4. The molecule has 0 aromatic heterocycles. The molecule has 0 spiro atoms. The average molecular weight is 1070 g/mol. The molecule has 5 aliphatic heterocycles. The van der Waals surface area contributed by atoms with Crippen LogP contribution < -0.4 is 4.74 Å². The van der Waals surface area contributed by atoms with Crippen LogP contribution in [0.4, 0.5) is 0 Å². The van der Waals surface area contributed by atoms with Crippen LogP contribution in [0.25, 0.3) is 10.8 Å². The van der Waals surface area contributed by atoms with Crippen molar-refractivity contribution in [1.82, 2.24) is 0 Å². The minimum absolute atomic E-state index is 0.0357. The summed E-state index contributed by atoms with van der Waals surface area (Å²) in [5.41, 5.74) is 0.0678. The van der Waals surface area contributed by atoms with E-state index in [0.717, 1.165) is 0 Å². The summed E-state index contributed by atoms with van der Waals surface area (Å²) in [5, 5.41) is 119. The predicted octanol–water partition coefficient (Wildman–Crippen LogP) is -0.639. The van der Waals surface area contributed by atoms with Crippen molar-refractivity contribution in [3.63, 3.8) is 0 Å². The fourth-order valence-corrected chi connectivity index (χ4v) is 11.0. The van der Waals surface area contributed by atoms with Gasteiger partial charge in [-0.25, -0.2) is 0 Å². The molecule has 24 heteroatoms. The topological polar surface area (TPSA) is 358 Å². The van der Waals surface area contributed by atoms with E-state index in [1.807, 2.05) is 0 Å². The number of phenolic OH excluding ortho intramolecular Hbond substituents is 2. The molecule has 25 atom stereocenters. The van der Waals surface area contributed by atoms with E-state index in [4.69, 9.17) is 52.1 Å². The zero-order valence-corrected chi connectivity index (χ0v) is 43.1. The van der Waals surface area contributed by atoms with Crippen LogP contribution in [-0.2, 0) is 58.6 Å². The van der Waals surface area contributed by atoms with Crippen molar-refractivity contribution < 1.29 is 118 Å². The molecule has 2 aromatic rings. The van der Waals surface area contributed by atoms with E-state index in [2.05, 4.69) is 0 Å². The van der Waals surface area contributed by atoms with Gasteiger partial charge in [-0.3, -0.25) is 9.59 Å². The second kappa shape index (κ2) is 23.6. The van der Waals surface area contributed by atoms with Crippen molar-refractivity contribution in [2.24, 2.45) is 5.92 Å². The number of hydrogen-bond acceptors (Lipinski definition) is 24. The summed E-state index contributed by atoms with van der Waals surface area (Å²) < 4.78 is 66.3. The van der Waals surface area contributed by atoms with E-state index in [1.54, 1.807) is 27.7 Å². The number of phenols is 2. The molecule has 5 saturated heterocycles. The van der Waals surface area contributed by atoms with Crippen LogP contribution in [0, 0.1) is 12.8 Å². The smallest absolute Gasteiger partial charge is 0.202 e. The summed E-state index contributed by atoms with van der Waals surface area (Å²) in [6.45, 7) is 10.6. The molecular formula is C51H74O24. The van der Waals surface area contributed by atoms with E-state index in [-0.39, 0.29) is 71.7 Å². The van der Waals surface area contributed by atoms with Crippen LogP contribution in [0.2, 0.25) is 0 Å². The molecule has 24 nitrogen and oxygen atoms in total. The van der Waals surface area contributed by atoms with Gasteiger partial charge in [-0.1, -0.05) is 0 Å². The Balaban J connectivity index is 1.04. The number of aliphatic hydroxyl groups is 9. The number of aliphatic hydroxyl groups excluding tert-OH is 9. The van der Waals surface area contributed by atoms with Gasteiger partial charge in [0, 0.05) is 50.7 Å². The van der Waals surface area contributed by atoms with Crippen LogP contribution in [0.5, 0.6) is 17.2 Å². The quantitative estimate of drug-likeness (QED) is 0.106. The maximum atomic E-state index is 15.0. The highest BCUT2D eigenvalue weighted by Gasteiger charge is 2.51. The zero-order chi connectivity index (χ0) is 54.6. The van der Waals surface area contributed by atoms with E-state index in [0.29, 0.717) is 0 Å². The number of ether oxygens (including phenoxy) is 11. The first-order valence-electron chi connectivity index (χ1n) is 25.7. The molecule has 0 radical (unpaired) electrons. The van der Waals surface area contributed by atoms with Crippen LogP contribution in [0.15, 0.2) is 12.1 Å². The van der Waals surface area contributed by atoms with Gasteiger partial charge in [-0.15, -0.1) is 0 Å². The van der Waals surface area contributed by atoms with Gasteiger partial charge in [0.1, 0.15) is 66.1 Å². The van der Waals surface area contributed by atoms with Gasteiger partial charge < -0.3 is 108 Å². The number of carbonyl (C=O) groups excluding carboxylic acids is 2. The first-order valence-corrected chi connectivity index (χ1v) is 25.7. The summed E-state index contributed by atoms with van der Waals surface area (Å²) >= 11 is 0. The zero-order valence-electron chi connectivity index (χ0n) is 43.1. The van der Waals surface area contributed by atoms with Crippen LogP contribution in [0.3, 0.4) is 0 Å². The lowest BCUT2D eigenvalue weighted by atomic mass is 9.75. The van der Waals surface area contributed by atoms with Crippen LogP contribution in [0.1, 0.15) is 95.1 Å². The highest BCUT2D eigenvalue weighted by atomic mass is 16.7. The normalized spacial score (nSPS) is 41.9. The minimum Gasteiger partial charge on any atom is -0.507 e. The second-order valence-electron chi connectivity index (χ2n) is 21.0. The second-order valence-corrected chi connectivity index (χ2v) is 21.0.